The van der Waals surface area contributed by atoms with E-state index in [1.165, 1.54) is 103 Å². The van der Waals surface area contributed by atoms with Crippen LogP contribution in [-0.4, -0.2) is 42.3 Å². The van der Waals surface area contributed by atoms with E-state index < -0.39 is 18.4 Å². The summed E-state index contributed by atoms with van der Waals surface area (Å²) >= 11 is -1.97. The van der Waals surface area contributed by atoms with Gasteiger partial charge in [-0.15, -0.1) is 0 Å². The van der Waals surface area contributed by atoms with Crippen molar-refractivity contribution in [2.24, 2.45) is 0 Å². The molecule has 204 valence electrons. The van der Waals surface area contributed by atoms with Crippen molar-refractivity contribution in [1.29, 1.82) is 0 Å². The predicted octanol–water partition coefficient (Wildman–Crippen LogP) is 12.5. The first-order chi connectivity index (χ1) is 16.2. The molecule has 0 aliphatic carbocycles. The number of unbranched alkanes of at least 4 members (excludes halogenated alkanes) is 20. The molecule has 0 rings (SSSR count). The average molecular weight is 690 g/mol. The van der Waals surface area contributed by atoms with Crippen molar-refractivity contribution in [3.05, 3.63) is 0 Å². The zero-order valence-electron chi connectivity index (χ0n) is 24.8. The summed E-state index contributed by atoms with van der Waals surface area (Å²) in [6, 6.07) is 0. The minimum absolute atomic E-state index is 0. The van der Waals surface area contributed by atoms with Crippen LogP contribution in [0.15, 0.2) is 0 Å². The molecule has 0 saturated heterocycles. The second kappa shape index (κ2) is 30.8. The molecule has 4 radical (unpaired) electrons. The second-order valence-electron chi connectivity index (χ2n) is 11.6. The molecule has 0 aliphatic rings. The third-order valence-electron chi connectivity index (χ3n) is 8.24. The summed E-state index contributed by atoms with van der Waals surface area (Å²) in [5.41, 5.74) is 0. The van der Waals surface area contributed by atoms with Crippen LogP contribution in [-0.2, 0) is 0 Å². The van der Waals surface area contributed by atoms with Gasteiger partial charge in [0, 0.05) is 23.9 Å². The molecule has 0 aromatic heterocycles. The maximum Gasteiger partial charge on any atom is 0 e. The number of hydrogen-bond acceptors (Lipinski definition) is 0. The third kappa shape index (κ3) is 25.3. The van der Waals surface area contributed by atoms with Gasteiger partial charge in [0.05, 0.1) is 0 Å². The Kier molecular flexibility index (Phi) is 34.2. The van der Waals surface area contributed by atoms with Gasteiger partial charge in [0.2, 0.25) is 0 Å². The first-order valence-electron chi connectivity index (χ1n) is 16.2. The fourth-order valence-corrected chi connectivity index (χ4v) is 21.6. The van der Waals surface area contributed by atoms with Crippen LogP contribution in [0.25, 0.3) is 0 Å². The standard InChI is InChI=1S/4C8H17.2Sn/c4*1-3-5-7-8-6-4-2;;/h4*1,3-8H2,2H3;;. The Labute approximate surface area is 240 Å². The van der Waals surface area contributed by atoms with Crippen LogP contribution in [0.5, 0.6) is 0 Å². The summed E-state index contributed by atoms with van der Waals surface area (Å²) in [6.45, 7) is 9.40. The van der Waals surface area contributed by atoms with Gasteiger partial charge in [-0.2, -0.15) is 0 Å². The second-order valence-corrected chi connectivity index (χ2v) is 25.8. The fourth-order valence-electron chi connectivity index (χ4n) is 5.87. The van der Waals surface area contributed by atoms with Crippen LogP contribution in [0.4, 0.5) is 0 Å². The number of hydrogen-bond donors (Lipinski definition) is 0. The molecule has 34 heavy (non-hydrogen) atoms. The Bertz CT molecular complexity index is 285. The maximum absolute atomic E-state index is 2.35. The van der Waals surface area contributed by atoms with Crippen LogP contribution in [0.3, 0.4) is 0 Å². The fraction of sp³-hybridized carbons (Fsp3) is 1.00. The van der Waals surface area contributed by atoms with Crippen LogP contribution in [0.1, 0.15) is 182 Å². The molecule has 0 heterocycles. The van der Waals surface area contributed by atoms with E-state index in [1.54, 1.807) is 69.1 Å². The Hall–Kier alpha value is 1.60. The molecule has 2 heteroatoms. The Morgan fingerprint density at radius 1 is 0.265 bits per heavy atom. The Morgan fingerprint density at radius 2 is 0.441 bits per heavy atom. The topological polar surface area (TPSA) is 0 Å². The first-order valence-corrected chi connectivity index (χ1v) is 24.3. The summed E-state index contributed by atoms with van der Waals surface area (Å²) in [6.07, 6.45) is 36.0. The SMILES string of the molecule is CCCCCCC[CH2][Sn]([CH2]CCCCCCC)([CH2]CCCCCCC)[CH2]CCCCCCC.[Sn]. The van der Waals surface area contributed by atoms with Crippen LogP contribution in [0.2, 0.25) is 17.7 Å². The molecule has 0 aliphatic heterocycles. The summed E-state index contributed by atoms with van der Waals surface area (Å²) in [5, 5.41) is 0. The van der Waals surface area contributed by atoms with E-state index in [0.29, 0.717) is 0 Å². The molecule has 0 aromatic rings. The van der Waals surface area contributed by atoms with Gasteiger partial charge in [-0.1, -0.05) is 0 Å². The Morgan fingerprint density at radius 3 is 0.647 bits per heavy atom. The van der Waals surface area contributed by atoms with Crippen molar-refractivity contribution in [3.63, 3.8) is 0 Å². The van der Waals surface area contributed by atoms with Crippen molar-refractivity contribution in [3.8, 4) is 0 Å². The molecular formula is C32H68Sn2. The van der Waals surface area contributed by atoms with Gasteiger partial charge in [0.1, 0.15) is 0 Å². The first kappa shape index (κ1) is 37.7. The van der Waals surface area contributed by atoms with E-state index in [4.69, 9.17) is 0 Å². The normalized spacial score (nSPS) is 11.6. The minimum Gasteiger partial charge on any atom is 0 e. The van der Waals surface area contributed by atoms with Gasteiger partial charge in [0.15, 0.2) is 0 Å². The molecule has 0 aromatic carbocycles. The van der Waals surface area contributed by atoms with Crippen LogP contribution >= 0.6 is 0 Å². The smallest absolute Gasteiger partial charge is 0 e. The van der Waals surface area contributed by atoms with Gasteiger partial charge < -0.3 is 0 Å². The monoisotopic (exact) mass is 692 g/mol. The summed E-state index contributed by atoms with van der Waals surface area (Å²) in [7, 11) is 0. The zero-order valence-corrected chi connectivity index (χ0v) is 30.5. The molecule has 0 nitrogen and oxygen atoms in total. The van der Waals surface area contributed by atoms with Crippen molar-refractivity contribution in [2.75, 3.05) is 0 Å². The van der Waals surface area contributed by atoms with E-state index in [9.17, 15) is 0 Å². The van der Waals surface area contributed by atoms with E-state index in [0.717, 1.165) is 0 Å². The molecule has 0 fully saturated rings. The van der Waals surface area contributed by atoms with Gasteiger partial charge in [-0.3, -0.25) is 0 Å². The molecule has 0 N–H and O–H groups in total. The largest absolute Gasteiger partial charge is 0 e. The molecule has 0 amide bonds. The molecule has 0 bridgehead atoms. The van der Waals surface area contributed by atoms with Gasteiger partial charge in [0.25, 0.3) is 0 Å². The molecule has 0 saturated carbocycles. The van der Waals surface area contributed by atoms with Crippen LogP contribution in [0, 0.1) is 0 Å². The predicted molar refractivity (Wildman–Crippen MR) is 164 cm³/mol. The minimum atomic E-state index is -1.97. The quantitative estimate of drug-likeness (QED) is 0.0566. The molecular weight excluding hydrogens is 622 g/mol. The van der Waals surface area contributed by atoms with Crippen molar-refractivity contribution in [2.45, 2.75) is 200 Å². The van der Waals surface area contributed by atoms with Crippen LogP contribution < -0.4 is 0 Å². The molecule has 0 atom stereocenters. The summed E-state index contributed by atoms with van der Waals surface area (Å²) < 4.78 is 7.00. The van der Waals surface area contributed by atoms with Gasteiger partial charge in [-0.05, 0) is 0 Å². The average Bonchev–Trinajstić information content (AvgIpc) is 2.83. The van der Waals surface area contributed by atoms with Crippen molar-refractivity contribution in [1.82, 2.24) is 0 Å². The van der Waals surface area contributed by atoms with Crippen molar-refractivity contribution < 1.29 is 0 Å². The van der Waals surface area contributed by atoms with Gasteiger partial charge in [-0.25, -0.2) is 0 Å². The summed E-state index contributed by atoms with van der Waals surface area (Å²) in [4.78, 5) is 0. The van der Waals surface area contributed by atoms with Gasteiger partial charge >= 0.3 is 218 Å². The van der Waals surface area contributed by atoms with E-state index >= 15 is 0 Å². The van der Waals surface area contributed by atoms with E-state index in [2.05, 4.69) is 27.7 Å². The number of rotatable bonds is 28. The zero-order chi connectivity index (χ0) is 24.3. The van der Waals surface area contributed by atoms with E-state index in [1.807, 2.05) is 0 Å². The van der Waals surface area contributed by atoms with Crippen molar-refractivity contribution >= 4 is 42.3 Å². The third-order valence-corrected chi connectivity index (χ3v) is 24.4. The molecule has 0 spiro atoms. The maximum atomic E-state index is 2.35. The Balaban J connectivity index is 0. The molecule has 0 unspecified atom stereocenters. The van der Waals surface area contributed by atoms with E-state index in [-0.39, 0.29) is 23.9 Å². The summed E-state index contributed by atoms with van der Waals surface area (Å²) in [5.74, 6) is 0.